The highest BCUT2D eigenvalue weighted by atomic mass is 79.9. The Morgan fingerprint density at radius 1 is 0.556 bits per heavy atom. The van der Waals surface area contributed by atoms with Gasteiger partial charge in [-0.15, -0.1) is 0 Å². The number of ether oxygens (including phenoxy) is 5. The van der Waals surface area contributed by atoms with Crippen molar-refractivity contribution in [2.75, 3.05) is 75.9 Å². The molecule has 0 saturated heterocycles. The third-order valence-electron chi connectivity index (χ3n) is 3.45. The number of halogens is 2. The molecule has 0 N–H and O–H groups in total. The summed E-state index contributed by atoms with van der Waals surface area (Å²) in [5.74, 6) is 5.21. The number of hydrogen-bond donors (Lipinski definition) is 0. The maximum Gasteiger partial charge on any atom is 0.162 e. The summed E-state index contributed by atoms with van der Waals surface area (Å²) in [4.78, 5) is 0. The molecule has 0 fully saturated rings. The summed E-state index contributed by atoms with van der Waals surface area (Å²) in [5.41, 5.74) is 0. The zero-order valence-corrected chi connectivity index (χ0v) is 20.1. The van der Waals surface area contributed by atoms with E-state index < -0.39 is 0 Å². The molecule has 1 aromatic carbocycles. The van der Waals surface area contributed by atoms with Gasteiger partial charge in [0, 0.05) is 32.0 Å². The maximum absolute atomic E-state index is 5.94. The van der Waals surface area contributed by atoms with Gasteiger partial charge in [-0.2, -0.15) is 23.5 Å². The fraction of sp³-hybridized carbons (Fsp3) is 0.667. The summed E-state index contributed by atoms with van der Waals surface area (Å²) in [6.07, 6.45) is 0. The first-order chi connectivity index (χ1) is 13.3. The maximum atomic E-state index is 5.94. The Morgan fingerprint density at radius 3 is 1.37 bits per heavy atom. The first-order valence-corrected chi connectivity index (χ1v) is 12.8. The first-order valence-electron chi connectivity index (χ1n) is 8.91. The Bertz CT molecular complexity index is 492. The van der Waals surface area contributed by atoms with E-state index in [9.17, 15) is 0 Å². The van der Waals surface area contributed by atoms with Crippen LogP contribution < -0.4 is 9.47 Å². The van der Waals surface area contributed by atoms with Crippen LogP contribution >= 0.6 is 55.4 Å². The largest absolute Gasteiger partial charge is 0.489 e. The second kappa shape index (κ2) is 15.2. The standard InChI is InChI=1S/C18H26Br2O5S2/c19-15-13-17-18(14-16(15)20)25-8-12-27-10-6-23-4-2-21-1-3-22-5-9-26-11-7-24-17/h13-14H,1-12H2. The molecule has 9 heteroatoms. The van der Waals surface area contributed by atoms with Gasteiger partial charge < -0.3 is 23.7 Å². The van der Waals surface area contributed by atoms with Crippen LogP contribution in [0.15, 0.2) is 21.1 Å². The molecule has 154 valence electrons. The van der Waals surface area contributed by atoms with Gasteiger partial charge in [0.2, 0.25) is 0 Å². The summed E-state index contributed by atoms with van der Waals surface area (Å²) >= 11 is 10.7. The SMILES string of the molecule is Brc1cc2c(cc1Br)OCCSCCOCCOCCOCCSCCO2. The Labute approximate surface area is 186 Å². The molecule has 0 aliphatic carbocycles. The van der Waals surface area contributed by atoms with Gasteiger partial charge in [0.25, 0.3) is 0 Å². The quantitative estimate of drug-likeness (QED) is 0.475. The lowest BCUT2D eigenvalue weighted by molar-refractivity contribution is 0.0205. The van der Waals surface area contributed by atoms with Crippen molar-refractivity contribution in [2.24, 2.45) is 0 Å². The van der Waals surface area contributed by atoms with Crippen molar-refractivity contribution in [1.82, 2.24) is 0 Å². The summed E-state index contributed by atoms with van der Waals surface area (Å²) < 4.78 is 30.4. The zero-order chi connectivity index (χ0) is 19.2. The van der Waals surface area contributed by atoms with Crippen molar-refractivity contribution in [2.45, 2.75) is 0 Å². The number of rotatable bonds is 0. The van der Waals surface area contributed by atoms with Crippen LogP contribution in [0.2, 0.25) is 0 Å². The minimum Gasteiger partial charge on any atom is -0.489 e. The third kappa shape index (κ3) is 10.6. The van der Waals surface area contributed by atoms with E-state index in [4.69, 9.17) is 23.7 Å². The van der Waals surface area contributed by atoms with Crippen LogP contribution in [0.5, 0.6) is 11.5 Å². The van der Waals surface area contributed by atoms with E-state index in [1.807, 2.05) is 35.7 Å². The van der Waals surface area contributed by atoms with Gasteiger partial charge in [-0.3, -0.25) is 0 Å². The second-order valence-corrected chi connectivity index (χ2v) is 9.63. The molecule has 0 bridgehead atoms. The average Bonchev–Trinajstić information content (AvgIpc) is 2.66. The van der Waals surface area contributed by atoms with E-state index in [-0.39, 0.29) is 0 Å². The highest BCUT2D eigenvalue weighted by Crippen LogP contribution is 2.36. The average molecular weight is 546 g/mol. The molecule has 0 atom stereocenters. The van der Waals surface area contributed by atoms with Gasteiger partial charge in [0.15, 0.2) is 11.5 Å². The molecule has 0 amide bonds. The molecular weight excluding hydrogens is 520 g/mol. The monoisotopic (exact) mass is 544 g/mol. The van der Waals surface area contributed by atoms with Crippen molar-refractivity contribution >= 4 is 55.4 Å². The number of benzene rings is 1. The van der Waals surface area contributed by atoms with Gasteiger partial charge >= 0.3 is 0 Å². The number of hydrogen-bond acceptors (Lipinski definition) is 7. The molecule has 0 unspecified atom stereocenters. The fourth-order valence-electron chi connectivity index (χ4n) is 2.14. The predicted octanol–water partition coefficient (Wildman–Crippen LogP) is 4.50. The van der Waals surface area contributed by atoms with Gasteiger partial charge in [-0.1, -0.05) is 0 Å². The van der Waals surface area contributed by atoms with Crippen LogP contribution in [-0.2, 0) is 14.2 Å². The van der Waals surface area contributed by atoms with Crippen molar-refractivity contribution in [3.8, 4) is 11.5 Å². The van der Waals surface area contributed by atoms with Crippen LogP contribution in [0, 0.1) is 0 Å². The topological polar surface area (TPSA) is 46.2 Å². The van der Waals surface area contributed by atoms with Gasteiger partial charge in [-0.05, 0) is 44.0 Å². The van der Waals surface area contributed by atoms with Crippen LogP contribution in [0.3, 0.4) is 0 Å². The number of fused-ring (bicyclic) bond motifs is 1. The summed E-state index contributed by atoms with van der Waals surface area (Å²) in [6.45, 7) is 5.18. The van der Waals surface area contributed by atoms with Gasteiger partial charge in [0.1, 0.15) is 0 Å². The van der Waals surface area contributed by atoms with Gasteiger partial charge in [0.05, 0.1) is 52.9 Å². The first kappa shape index (κ1) is 23.6. The lowest BCUT2D eigenvalue weighted by atomic mass is 10.3. The van der Waals surface area contributed by atoms with E-state index in [0.717, 1.165) is 56.7 Å². The normalized spacial score (nSPS) is 19.8. The lowest BCUT2D eigenvalue weighted by Gasteiger charge is -2.14. The summed E-state index contributed by atoms with van der Waals surface area (Å²) in [5, 5.41) is 0. The van der Waals surface area contributed by atoms with E-state index >= 15 is 0 Å². The van der Waals surface area contributed by atoms with E-state index in [1.54, 1.807) is 0 Å². The minimum absolute atomic E-state index is 0.616. The fourth-order valence-corrected chi connectivity index (χ4v) is 4.07. The smallest absolute Gasteiger partial charge is 0.162 e. The van der Waals surface area contributed by atoms with E-state index in [2.05, 4.69) is 31.9 Å². The summed E-state index contributed by atoms with van der Waals surface area (Å²) in [6, 6.07) is 3.90. The zero-order valence-electron chi connectivity index (χ0n) is 15.3. The molecule has 0 aromatic heterocycles. The molecule has 0 spiro atoms. The molecular formula is C18H26Br2O5S2. The third-order valence-corrected chi connectivity index (χ3v) is 7.11. The Balaban J connectivity index is 1.83. The van der Waals surface area contributed by atoms with Crippen LogP contribution in [0.1, 0.15) is 0 Å². The van der Waals surface area contributed by atoms with Crippen molar-refractivity contribution in [3.63, 3.8) is 0 Å². The molecule has 0 radical (unpaired) electrons. The van der Waals surface area contributed by atoms with Gasteiger partial charge in [-0.25, -0.2) is 0 Å². The van der Waals surface area contributed by atoms with Crippen molar-refractivity contribution in [1.29, 1.82) is 0 Å². The Kier molecular flexibility index (Phi) is 13.3. The van der Waals surface area contributed by atoms with Crippen LogP contribution in [-0.4, -0.2) is 75.9 Å². The molecule has 0 saturated carbocycles. The molecule has 1 heterocycles. The Hall–Kier alpha value is 0.360. The number of thioether (sulfide) groups is 2. The summed E-state index contributed by atoms with van der Waals surface area (Å²) in [7, 11) is 0. The van der Waals surface area contributed by atoms with Crippen LogP contribution in [0.4, 0.5) is 0 Å². The van der Waals surface area contributed by atoms with Crippen LogP contribution in [0.25, 0.3) is 0 Å². The molecule has 2 rings (SSSR count). The van der Waals surface area contributed by atoms with Crippen molar-refractivity contribution < 1.29 is 23.7 Å². The molecule has 5 nitrogen and oxygen atoms in total. The molecule has 1 aromatic rings. The Morgan fingerprint density at radius 2 is 0.926 bits per heavy atom. The molecule has 1 aliphatic heterocycles. The second-order valence-electron chi connectivity index (χ2n) is 5.47. The van der Waals surface area contributed by atoms with E-state index in [0.29, 0.717) is 39.6 Å². The lowest BCUT2D eigenvalue weighted by Crippen LogP contribution is -2.11. The highest BCUT2D eigenvalue weighted by Gasteiger charge is 2.10. The molecule has 1 aliphatic rings. The highest BCUT2D eigenvalue weighted by molar-refractivity contribution is 9.13. The molecule has 27 heavy (non-hydrogen) atoms. The predicted molar refractivity (Wildman–Crippen MR) is 120 cm³/mol. The van der Waals surface area contributed by atoms with E-state index in [1.165, 1.54) is 0 Å². The minimum atomic E-state index is 0.616. The van der Waals surface area contributed by atoms with Crippen molar-refractivity contribution in [3.05, 3.63) is 21.1 Å².